The predicted molar refractivity (Wildman–Crippen MR) is 76.7 cm³/mol. The molecular formula is C14H10ClF2NO2S. The van der Waals surface area contributed by atoms with E-state index < -0.39 is 11.7 Å². The van der Waals surface area contributed by atoms with Gasteiger partial charge in [-0.15, -0.1) is 0 Å². The second kappa shape index (κ2) is 7.38. The van der Waals surface area contributed by atoms with Crippen molar-refractivity contribution >= 4 is 29.3 Å². The van der Waals surface area contributed by atoms with Crippen molar-refractivity contribution in [1.82, 2.24) is 4.98 Å². The van der Waals surface area contributed by atoms with Crippen LogP contribution >= 0.6 is 23.4 Å². The Morgan fingerprint density at radius 1 is 1.29 bits per heavy atom. The molecule has 110 valence electrons. The molecule has 0 aliphatic carbocycles. The maximum Gasteiger partial charge on any atom is 0.341 e. The van der Waals surface area contributed by atoms with E-state index in [-0.39, 0.29) is 29.0 Å². The molecular weight excluding hydrogens is 320 g/mol. The minimum Gasteiger partial charge on any atom is -0.457 e. The lowest BCUT2D eigenvalue weighted by Crippen LogP contribution is -2.08. The number of esters is 1. The monoisotopic (exact) mass is 329 g/mol. The first kappa shape index (κ1) is 15.7. The Balaban J connectivity index is 2.05. The molecule has 1 heterocycles. The Labute approximate surface area is 129 Å². The van der Waals surface area contributed by atoms with E-state index in [4.69, 9.17) is 16.3 Å². The van der Waals surface area contributed by atoms with Gasteiger partial charge in [-0.2, -0.15) is 8.78 Å². The van der Waals surface area contributed by atoms with Crippen LogP contribution in [0.3, 0.4) is 0 Å². The van der Waals surface area contributed by atoms with Gasteiger partial charge in [0.25, 0.3) is 5.76 Å². The summed E-state index contributed by atoms with van der Waals surface area (Å²) in [6.45, 7) is 0.0314. The fourth-order valence-corrected chi connectivity index (χ4v) is 2.23. The second-order valence-corrected chi connectivity index (χ2v) is 5.35. The molecule has 0 unspecified atom stereocenters. The SMILES string of the molecule is O=C(OCc1ccc(Cl)cc1)c1cccnc1SC(F)F. The van der Waals surface area contributed by atoms with Gasteiger partial charge in [-0.25, -0.2) is 9.78 Å². The minimum atomic E-state index is -2.65. The lowest BCUT2D eigenvalue weighted by Gasteiger charge is -2.08. The summed E-state index contributed by atoms with van der Waals surface area (Å²) in [7, 11) is 0. The molecule has 1 aromatic carbocycles. The Kier molecular flexibility index (Phi) is 5.52. The van der Waals surface area contributed by atoms with Crippen molar-refractivity contribution in [3.63, 3.8) is 0 Å². The Morgan fingerprint density at radius 2 is 2.00 bits per heavy atom. The summed E-state index contributed by atoms with van der Waals surface area (Å²) in [6, 6.07) is 9.68. The first-order valence-corrected chi connectivity index (χ1v) is 7.13. The molecule has 7 heteroatoms. The molecule has 3 nitrogen and oxygen atoms in total. The van der Waals surface area contributed by atoms with Crippen molar-refractivity contribution in [3.05, 3.63) is 58.7 Å². The molecule has 0 N–H and O–H groups in total. The predicted octanol–water partition coefficient (Wildman–Crippen LogP) is 4.41. The normalized spacial score (nSPS) is 10.7. The van der Waals surface area contributed by atoms with Crippen LogP contribution in [0.1, 0.15) is 15.9 Å². The number of carbonyl (C=O) groups excluding carboxylic acids is 1. The Hall–Kier alpha value is -1.66. The fourth-order valence-electron chi connectivity index (χ4n) is 1.53. The highest BCUT2D eigenvalue weighted by Gasteiger charge is 2.17. The molecule has 0 fully saturated rings. The number of aromatic nitrogens is 1. The fraction of sp³-hybridized carbons (Fsp3) is 0.143. The second-order valence-electron chi connectivity index (χ2n) is 3.94. The summed E-state index contributed by atoms with van der Waals surface area (Å²) in [6.07, 6.45) is 1.35. The number of pyridine rings is 1. The maximum absolute atomic E-state index is 12.4. The number of benzene rings is 1. The van der Waals surface area contributed by atoms with Gasteiger partial charge in [-0.1, -0.05) is 23.7 Å². The standard InChI is InChI=1S/C14H10ClF2NO2S/c15-10-5-3-9(4-6-10)8-20-13(19)11-2-1-7-18-12(11)21-14(16)17/h1-7,14H,8H2. The van der Waals surface area contributed by atoms with Gasteiger partial charge in [0.1, 0.15) is 11.6 Å². The van der Waals surface area contributed by atoms with Crippen molar-refractivity contribution in [3.8, 4) is 0 Å². The Morgan fingerprint density at radius 3 is 2.67 bits per heavy atom. The minimum absolute atomic E-state index is 0.0248. The zero-order chi connectivity index (χ0) is 15.2. The zero-order valence-corrected chi connectivity index (χ0v) is 12.2. The molecule has 0 saturated heterocycles. The van der Waals surface area contributed by atoms with Crippen LogP contribution in [0.5, 0.6) is 0 Å². The molecule has 0 aliphatic heterocycles. The van der Waals surface area contributed by atoms with Gasteiger partial charge in [0, 0.05) is 11.2 Å². The van der Waals surface area contributed by atoms with Crippen molar-refractivity contribution in [2.24, 2.45) is 0 Å². The molecule has 0 spiro atoms. The van der Waals surface area contributed by atoms with Gasteiger partial charge < -0.3 is 4.74 Å². The summed E-state index contributed by atoms with van der Waals surface area (Å²) >= 11 is 5.96. The van der Waals surface area contributed by atoms with Gasteiger partial charge >= 0.3 is 5.97 Å². The molecule has 1 aromatic heterocycles. The summed E-state index contributed by atoms with van der Waals surface area (Å²) in [5, 5.41) is 0.529. The first-order valence-electron chi connectivity index (χ1n) is 5.87. The highest BCUT2D eigenvalue weighted by atomic mass is 35.5. The largest absolute Gasteiger partial charge is 0.457 e. The third kappa shape index (κ3) is 4.68. The number of ether oxygens (including phenoxy) is 1. The summed E-state index contributed by atoms with van der Waals surface area (Å²) < 4.78 is 29.9. The number of rotatable bonds is 5. The van der Waals surface area contributed by atoms with E-state index in [2.05, 4.69) is 4.98 Å². The van der Waals surface area contributed by atoms with E-state index in [1.807, 2.05) is 0 Å². The molecule has 0 atom stereocenters. The third-order valence-corrected chi connectivity index (χ3v) is 3.45. The molecule has 2 rings (SSSR count). The van der Waals surface area contributed by atoms with Crippen molar-refractivity contribution in [2.45, 2.75) is 17.4 Å². The number of halogens is 3. The lowest BCUT2D eigenvalue weighted by molar-refractivity contribution is 0.0467. The summed E-state index contributed by atoms with van der Waals surface area (Å²) in [4.78, 5) is 15.7. The number of nitrogens with zero attached hydrogens (tertiary/aromatic N) is 1. The van der Waals surface area contributed by atoms with Crippen molar-refractivity contribution in [1.29, 1.82) is 0 Å². The lowest BCUT2D eigenvalue weighted by atomic mass is 10.2. The number of carbonyl (C=O) groups is 1. The number of hydrogen-bond donors (Lipinski definition) is 0. The van der Waals surface area contributed by atoms with E-state index in [0.29, 0.717) is 5.02 Å². The Bertz CT molecular complexity index is 623. The molecule has 0 saturated carbocycles. The number of hydrogen-bond acceptors (Lipinski definition) is 4. The summed E-state index contributed by atoms with van der Waals surface area (Å²) in [5.74, 6) is -3.34. The van der Waals surface area contributed by atoms with Crippen LogP contribution in [0.2, 0.25) is 5.02 Å². The highest BCUT2D eigenvalue weighted by molar-refractivity contribution is 7.99. The summed E-state index contributed by atoms with van der Waals surface area (Å²) in [5.41, 5.74) is 0.775. The molecule has 0 amide bonds. The van der Waals surface area contributed by atoms with Crippen molar-refractivity contribution < 1.29 is 18.3 Å². The van der Waals surface area contributed by atoms with Gasteiger partial charge in [0.2, 0.25) is 0 Å². The number of alkyl halides is 2. The van der Waals surface area contributed by atoms with E-state index in [1.165, 1.54) is 18.3 Å². The van der Waals surface area contributed by atoms with Gasteiger partial charge in [0.15, 0.2) is 0 Å². The maximum atomic E-state index is 12.4. The van der Waals surface area contributed by atoms with E-state index in [0.717, 1.165) is 5.56 Å². The smallest absolute Gasteiger partial charge is 0.341 e. The van der Waals surface area contributed by atoms with Crippen LogP contribution in [0.25, 0.3) is 0 Å². The van der Waals surface area contributed by atoms with Crippen LogP contribution in [0.4, 0.5) is 8.78 Å². The van der Waals surface area contributed by atoms with Crippen LogP contribution in [-0.2, 0) is 11.3 Å². The van der Waals surface area contributed by atoms with E-state index >= 15 is 0 Å². The molecule has 0 radical (unpaired) electrons. The van der Waals surface area contributed by atoms with Gasteiger partial charge in [-0.05, 0) is 41.6 Å². The van der Waals surface area contributed by atoms with E-state index in [9.17, 15) is 13.6 Å². The van der Waals surface area contributed by atoms with Crippen molar-refractivity contribution in [2.75, 3.05) is 0 Å². The van der Waals surface area contributed by atoms with E-state index in [1.54, 1.807) is 24.3 Å². The van der Waals surface area contributed by atoms with Gasteiger partial charge in [-0.3, -0.25) is 0 Å². The first-order chi connectivity index (χ1) is 10.1. The van der Waals surface area contributed by atoms with Crippen LogP contribution in [0.15, 0.2) is 47.6 Å². The van der Waals surface area contributed by atoms with Gasteiger partial charge in [0.05, 0.1) is 5.56 Å². The highest BCUT2D eigenvalue weighted by Crippen LogP contribution is 2.26. The molecule has 0 aliphatic rings. The molecule has 0 bridgehead atoms. The van der Waals surface area contributed by atoms with Crippen LogP contribution in [-0.4, -0.2) is 16.7 Å². The third-order valence-electron chi connectivity index (χ3n) is 2.47. The van der Waals surface area contributed by atoms with Crippen LogP contribution < -0.4 is 0 Å². The average Bonchev–Trinajstić information content (AvgIpc) is 2.46. The quantitative estimate of drug-likeness (QED) is 0.602. The van der Waals surface area contributed by atoms with Crippen LogP contribution in [0, 0.1) is 0 Å². The number of thioether (sulfide) groups is 1. The average molecular weight is 330 g/mol. The molecule has 21 heavy (non-hydrogen) atoms. The zero-order valence-electron chi connectivity index (χ0n) is 10.6. The molecule has 2 aromatic rings. The topological polar surface area (TPSA) is 39.2 Å².